The second kappa shape index (κ2) is 27.7. The second-order valence-electron chi connectivity index (χ2n) is 18.8. The number of rotatable bonds is 29. The number of amides is 3. The minimum atomic E-state index is -0.846. The number of ether oxygens (including phenoxy) is 5. The summed E-state index contributed by atoms with van der Waals surface area (Å²) in [6.45, 7) is 11.6. The molecule has 6 rings (SSSR count). The summed E-state index contributed by atoms with van der Waals surface area (Å²) >= 11 is 5.07. The van der Waals surface area contributed by atoms with Gasteiger partial charge in [0.25, 0.3) is 0 Å². The van der Waals surface area contributed by atoms with Crippen molar-refractivity contribution in [3.8, 4) is 16.2 Å². The van der Waals surface area contributed by atoms with Crippen molar-refractivity contribution < 1.29 is 48.0 Å². The average Bonchev–Trinajstić information content (AvgIpc) is 3.95. The third kappa shape index (κ3) is 17.3. The number of thiazole rings is 1. The molecule has 0 radical (unpaired) electrons. The predicted molar refractivity (Wildman–Crippen MR) is 275 cm³/mol. The van der Waals surface area contributed by atoms with E-state index in [1.165, 1.54) is 4.90 Å². The molecule has 3 amide bonds. The number of hydrogen-bond donors (Lipinski definition) is 4. The number of carbonyl (C=O) groups is 4. The van der Waals surface area contributed by atoms with E-state index in [0.29, 0.717) is 70.2 Å². The molecular formula is C51H69BrN8O10S. The van der Waals surface area contributed by atoms with Gasteiger partial charge in [-0.15, -0.1) is 11.3 Å². The summed E-state index contributed by atoms with van der Waals surface area (Å²) in [5, 5.41) is 20.0. The van der Waals surface area contributed by atoms with Crippen molar-refractivity contribution in [2.24, 2.45) is 17.3 Å². The number of Topliss-reactive ketones (excluding diaryl/α,β-unsaturated/α-hetero) is 1. The van der Waals surface area contributed by atoms with Crippen molar-refractivity contribution in [2.45, 2.75) is 78.5 Å². The maximum Gasteiger partial charge on any atom is 0.243 e. The number of nitrogens with one attached hydrogen (secondary N) is 3. The summed E-state index contributed by atoms with van der Waals surface area (Å²) in [7, 11) is 1.84. The van der Waals surface area contributed by atoms with Gasteiger partial charge in [-0.2, -0.15) is 4.98 Å². The fourth-order valence-electron chi connectivity index (χ4n) is 8.01. The number of aromatic nitrogens is 3. The van der Waals surface area contributed by atoms with Crippen LogP contribution >= 0.6 is 27.3 Å². The molecule has 0 spiro atoms. The van der Waals surface area contributed by atoms with Crippen LogP contribution in [-0.2, 0) is 44.7 Å². The van der Waals surface area contributed by atoms with Crippen LogP contribution in [0.25, 0.3) is 10.4 Å². The van der Waals surface area contributed by atoms with Crippen LogP contribution in [0.2, 0.25) is 0 Å². The highest BCUT2D eigenvalue weighted by Crippen LogP contribution is 2.34. The van der Waals surface area contributed by atoms with Gasteiger partial charge in [0.1, 0.15) is 30.8 Å². The lowest BCUT2D eigenvalue weighted by Gasteiger charge is -2.34. The molecule has 2 fully saturated rings. The van der Waals surface area contributed by atoms with Gasteiger partial charge in [0.2, 0.25) is 23.7 Å². The molecule has 4 N–H and O–H groups in total. The number of hydrogen-bond acceptors (Lipinski definition) is 16. The average molecular weight is 1070 g/mol. The Morgan fingerprint density at radius 2 is 1.58 bits per heavy atom. The number of β-amino-alcohol motifs (C(OH)–C–C–N with tert-alkyl or cyclic N) is 1. The normalized spacial score (nSPS) is 16.3. The molecule has 1 aliphatic heterocycles. The quantitative estimate of drug-likeness (QED) is 0.0431. The van der Waals surface area contributed by atoms with Gasteiger partial charge >= 0.3 is 0 Å². The second-order valence-corrected chi connectivity index (χ2v) is 20.5. The fourth-order valence-corrected chi connectivity index (χ4v) is 9.16. The topological polar surface area (TPSA) is 216 Å². The Bertz CT molecular complexity index is 2330. The molecule has 0 unspecified atom stereocenters. The van der Waals surface area contributed by atoms with Crippen LogP contribution in [0.15, 0.2) is 64.7 Å². The molecule has 0 bridgehead atoms. The largest absolute Gasteiger partial charge is 0.491 e. The molecule has 2 aromatic heterocycles. The molecule has 18 nitrogen and oxygen atoms in total. The van der Waals surface area contributed by atoms with Gasteiger partial charge in [-0.3, -0.25) is 19.2 Å². The van der Waals surface area contributed by atoms with Crippen molar-refractivity contribution in [1.82, 2.24) is 30.1 Å². The molecule has 2 aliphatic rings. The third-order valence-electron chi connectivity index (χ3n) is 12.4. The molecule has 71 heavy (non-hydrogen) atoms. The van der Waals surface area contributed by atoms with Crippen LogP contribution in [0, 0.1) is 24.2 Å². The van der Waals surface area contributed by atoms with Crippen molar-refractivity contribution in [3.05, 3.63) is 76.0 Å². The zero-order chi connectivity index (χ0) is 50.8. The van der Waals surface area contributed by atoms with Crippen LogP contribution in [-0.4, -0.2) is 152 Å². The summed E-state index contributed by atoms with van der Waals surface area (Å²) in [5.41, 5.74) is 4.95. The van der Waals surface area contributed by atoms with Crippen LogP contribution in [0.1, 0.15) is 64.1 Å². The van der Waals surface area contributed by atoms with Crippen molar-refractivity contribution in [1.29, 1.82) is 0 Å². The third-order valence-corrected chi connectivity index (χ3v) is 13.9. The van der Waals surface area contributed by atoms with E-state index < -0.39 is 23.5 Å². The number of benzene rings is 2. The van der Waals surface area contributed by atoms with Gasteiger partial charge in [-0.1, -0.05) is 51.5 Å². The number of aliphatic hydroxyl groups is 1. The van der Waals surface area contributed by atoms with E-state index >= 15 is 0 Å². The number of nitrogens with zero attached hydrogens (tertiary/aromatic N) is 5. The van der Waals surface area contributed by atoms with Gasteiger partial charge in [0.05, 0.1) is 72.9 Å². The number of aryl methyl sites for hydroxylation is 1. The van der Waals surface area contributed by atoms with Crippen LogP contribution < -0.4 is 20.7 Å². The van der Waals surface area contributed by atoms with E-state index in [0.717, 1.165) is 51.1 Å². The smallest absolute Gasteiger partial charge is 0.243 e. The lowest BCUT2D eigenvalue weighted by Crippen LogP contribution is -2.50. The molecule has 1 saturated heterocycles. The Labute approximate surface area is 429 Å². The van der Waals surface area contributed by atoms with Crippen molar-refractivity contribution >= 4 is 68.2 Å². The SMILES string of the molecule is Cc1ncsc1-c1ccc(CNC(=O)[C@H]2C[C@H](O)CN2C(=O)[C@H](CC(=O)COCCOCCOCCOCCOc2ccc(Nc3ncc(Br)c(NCCN(C)C(=O)C4CCC4)n3)cc2)C(C)(C)C)cc1. The summed E-state index contributed by atoms with van der Waals surface area (Å²) < 4.78 is 28.9. The Kier molecular flexibility index (Phi) is 21.5. The minimum absolute atomic E-state index is 0.0219. The van der Waals surface area contributed by atoms with Gasteiger partial charge in [-0.25, -0.2) is 9.97 Å². The summed E-state index contributed by atoms with van der Waals surface area (Å²) in [5.74, 6) is 0.509. The number of ketones is 1. The summed E-state index contributed by atoms with van der Waals surface area (Å²) in [4.78, 5) is 70.4. The zero-order valence-corrected chi connectivity index (χ0v) is 43.9. The molecule has 1 saturated carbocycles. The van der Waals surface area contributed by atoms with Crippen molar-refractivity contribution in [3.63, 3.8) is 0 Å². The highest BCUT2D eigenvalue weighted by Gasteiger charge is 2.44. The van der Waals surface area contributed by atoms with E-state index in [-0.39, 0.29) is 75.2 Å². The van der Waals surface area contributed by atoms with E-state index in [1.54, 1.807) is 22.4 Å². The minimum Gasteiger partial charge on any atom is -0.491 e. The van der Waals surface area contributed by atoms with Gasteiger partial charge < -0.3 is 54.5 Å². The van der Waals surface area contributed by atoms with E-state index in [4.69, 9.17) is 23.7 Å². The zero-order valence-electron chi connectivity index (χ0n) is 41.5. The first kappa shape index (κ1) is 55.2. The lowest BCUT2D eigenvalue weighted by atomic mass is 9.77. The maximum absolute atomic E-state index is 14.0. The number of aliphatic hydroxyl groups excluding tert-OH is 1. The molecule has 1 aliphatic carbocycles. The number of carbonyl (C=O) groups excluding carboxylic acids is 4. The molecule has 2 aromatic carbocycles. The van der Waals surface area contributed by atoms with Gasteiger partial charge in [-0.05, 0) is 76.5 Å². The molecular weight excluding hydrogens is 997 g/mol. The number of halogens is 1. The van der Waals surface area contributed by atoms with E-state index in [2.05, 4.69) is 46.8 Å². The van der Waals surface area contributed by atoms with Crippen LogP contribution in [0.3, 0.4) is 0 Å². The van der Waals surface area contributed by atoms with Crippen molar-refractivity contribution in [2.75, 3.05) is 96.8 Å². The summed E-state index contributed by atoms with van der Waals surface area (Å²) in [6.07, 6.45) is 4.00. The standard InChI is InChI=1S/C51H69BrN8O10S/c1-34-45(71-33-56-34)36-11-9-35(10-12-36)29-54-47(63)44-28-39(61)31-60(44)49(65)42(51(2,3)4)27-40(62)32-69-24-23-67-20-19-66-21-22-68-25-26-70-41-15-13-38(14-16-41)57-50-55-30-43(52)46(58-50)53-17-18-59(5)48(64)37-7-6-8-37/h9-16,30,33,37,39,42,44,61H,6-8,17-29,31-32H2,1-5H3,(H,54,63)(H2,53,55,57,58)/t39-,42-,44+/m0/s1. The van der Waals surface area contributed by atoms with Crippen LogP contribution in [0.4, 0.5) is 17.5 Å². The Morgan fingerprint density at radius 3 is 2.20 bits per heavy atom. The lowest BCUT2D eigenvalue weighted by molar-refractivity contribution is -0.146. The van der Waals surface area contributed by atoms with E-state index in [1.807, 2.05) is 88.8 Å². The Morgan fingerprint density at radius 1 is 0.915 bits per heavy atom. The van der Waals surface area contributed by atoms with Gasteiger partial charge in [0.15, 0.2) is 5.78 Å². The Balaban J connectivity index is 0.778. The highest BCUT2D eigenvalue weighted by atomic mass is 79.9. The molecule has 3 atom stereocenters. The first-order valence-corrected chi connectivity index (χ1v) is 25.9. The fraction of sp³-hybridized carbons (Fsp3) is 0.549. The molecule has 3 heterocycles. The Hall–Kier alpha value is -5.09. The predicted octanol–water partition coefficient (Wildman–Crippen LogP) is 6.43. The number of likely N-dealkylation sites (N-methyl/N-ethyl adjacent to an activating group) is 1. The van der Waals surface area contributed by atoms with Gasteiger partial charge in [0, 0.05) is 69.8 Å². The maximum atomic E-state index is 14.0. The number of anilines is 3. The van der Waals surface area contributed by atoms with E-state index in [9.17, 15) is 24.3 Å². The summed E-state index contributed by atoms with van der Waals surface area (Å²) in [6, 6.07) is 14.5. The molecule has 4 aromatic rings. The molecule has 20 heteroatoms. The monoisotopic (exact) mass is 1060 g/mol. The number of likely N-dealkylation sites (tertiary alicyclic amines) is 1. The first-order chi connectivity index (χ1) is 34.2. The molecule has 386 valence electrons. The van der Waals surface area contributed by atoms with Crippen LogP contribution in [0.5, 0.6) is 5.75 Å². The first-order valence-electron chi connectivity index (χ1n) is 24.3. The highest BCUT2D eigenvalue weighted by molar-refractivity contribution is 9.10.